The molecule has 0 atom stereocenters. The van der Waals surface area contributed by atoms with Gasteiger partial charge in [-0.15, -0.1) is 12.4 Å². The lowest BCUT2D eigenvalue weighted by Crippen LogP contribution is -2.30. The highest BCUT2D eigenvalue weighted by atomic mass is 35.5. The molecule has 0 bridgehead atoms. The molecule has 0 amide bonds. The van der Waals surface area contributed by atoms with Gasteiger partial charge in [-0.1, -0.05) is 48.9 Å². The summed E-state index contributed by atoms with van der Waals surface area (Å²) in [4.78, 5) is 2.62. The number of nitrogens with zero attached hydrogens (tertiary/aromatic N) is 1. The summed E-state index contributed by atoms with van der Waals surface area (Å²) in [6.45, 7) is 4.65. The molecule has 2 rings (SSSR count). The Morgan fingerprint density at radius 1 is 0.913 bits per heavy atom. The highest BCUT2D eigenvalue weighted by Crippen LogP contribution is 2.27. The van der Waals surface area contributed by atoms with Crippen molar-refractivity contribution in [1.82, 2.24) is 4.90 Å². The lowest BCUT2D eigenvalue weighted by molar-refractivity contribution is 0.223. The van der Waals surface area contributed by atoms with Crippen LogP contribution in [0.25, 0.3) is 0 Å². The van der Waals surface area contributed by atoms with Crippen LogP contribution >= 0.6 is 35.6 Å². The molecule has 0 saturated carbocycles. The van der Waals surface area contributed by atoms with Crippen molar-refractivity contribution in [2.75, 3.05) is 26.2 Å². The van der Waals surface area contributed by atoms with Crippen molar-refractivity contribution in [3.63, 3.8) is 0 Å². The Bertz CT molecular complexity index is 436. The van der Waals surface area contributed by atoms with Crippen molar-refractivity contribution < 1.29 is 4.74 Å². The smallest absolute Gasteiger partial charge is 0.137 e. The first-order valence-electron chi connectivity index (χ1n) is 8.56. The summed E-state index contributed by atoms with van der Waals surface area (Å²) >= 11 is 11.9. The van der Waals surface area contributed by atoms with E-state index in [-0.39, 0.29) is 12.4 Å². The summed E-state index contributed by atoms with van der Waals surface area (Å²) in [6.07, 6.45) is 10.5. The van der Waals surface area contributed by atoms with E-state index in [9.17, 15) is 0 Å². The number of rotatable bonds is 9. The lowest BCUT2D eigenvalue weighted by atomic mass is 10.1. The van der Waals surface area contributed by atoms with E-state index in [2.05, 4.69) is 4.90 Å². The molecule has 2 nitrogen and oxygen atoms in total. The number of halogens is 3. The van der Waals surface area contributed by atoms with Crippen molar-refractivity contribution in [3.8, 4) is 5.75 Å². The Morgan fingerprint density at radius 3 is 2.35 bits per heavy atom. The number of hydrogen-bond donors (Lipinski definition) is 0. The Balaban J connectivity index is 0.00000264. The minimum atomic E-state index is 0. The number of likely N-dealkylation sites (tertiary alicyclic amines) is 1. The molecule has 1 aromatic carbocycles. The number of piperidine rings is 1. The van der Waals surface area contributed by atoms with E-state index in [1.54, 1.807) is 6.07 Å². The van der Waals surface area contributed by atoms with Crippen LogP contribution in [0.1, 0.15) is 51.4 Å². The van der Waals surface area contributed by atoms with Gasteiger partial charge in [0.05, 0.1) is 11.6 Å². The molecule has 0 unspecified atom stereocenters. The number of benzene rings is 1. The molecule has 1 saturated heterocycles. The zero-order chi connectivity index (χ0) is 15.6. The maximum Gasteiger partial charge on any atom is 0.137 e. The van der Waals surface area contributed by atoms with E-state index in [4.69, 9.17) is 27.9 Å². The fourth-order valence-electron chi connectivity index (χ4n) is 2.93. The quantitative estimate of drug-likeness (QED) is 0.471. The molecule has 1 heterocycles. The lowest BCUT2D eigenvalue weighted by Gasteiger charge is -2.26. The fourth-order valence-corrected chi connectivity index (χ4v) is 3.39. The molecule has 1 aliphatic rings. The average Bonchev–Trinajstić information content (AvgIpc) is 2.52. The number of ether oxygens (including phenoxy) is 1. The number of unbranched alkanes of at least 4 members (excludes halogenated alkanes) is 4. The van der Waals surface area contributed by atoms with Crippen LogP contribution in [0, 0.1) is 0 Å². The molecular weight excluding hydrogens is 353 g/mol. The average molecular weight is 381 g/mol. The van der Waals surface area contributed by atoms with Crippen molar-refractivity contribution in [3.05, 3.63) is 28.2 Å². The van der Waals surface area contributed by atoms with Crippen LogP contribution in [0.3, 0.4) is 0 Å². The van der Waals surface area contributed by atoms with Crippen LogP contribution in [-0.4, -0.2) is 31.1 Å². The summed E-state index contributed by atoms with van der Waals surface area (Å²) < 4.78 is 5.69. The SMILES string of the molecule is Cl.Clc1ccc(OCCCCCCCN2CCCCC2)c(Cl)c1. The van der Waals surface area contributed by atoms with E-state index in [1.165, 1.54) is 64.6 Å². The molecule has 0 N–H and O–H groups in total. The normalized spacial score (nSPS) is 15.2. The minimum Gasteiger partial charge on any atom is -0.492 e. The number of hydrogen-bond acceptors (Lipinski definition) is 2. The molecule has 1 fully saturated rings. The second-order valence-corrected chi connectivity index (χ2v) is 6.94. The van der Waals surface area contributed by atoms with E-state index < -0.39 is 0 Å². The minimum absolute atomic E-state index is 0. The first-order chi connectivity index (χ1) is 10.8. The Labute approximate surface area is 156 Å². The van der Waals surface area contributed by atoms with E-state index in [0.717, 1.165) is 18.8 Å². The van der Waals surface area contributed by atoms with E-state index in [0.29, 0.717) is 10.0 Å². The van der Waals surface area contributed by atoms with Gasteiger partial charge in [0.15, 0.2) is 0 Å². The molecule has 5 heteroatoms. The van der Waals surface area contributed by atoms with Crippen LogP contribution in [0.5, 0.6) is 5.75 Å². The van der Waals surface area contributed by atoms with Gasteiger partial charge in [0.1, 0.15) is 5.75 Å². The van der Waals surface area contributed by atoms with Crippen molar-refractivity contribution >= 4 is 35.6 Å². The predicted molar refractivity (Wildman–Crippen MR) is 103 cm³/mol. The highest BCUT2D eigenvalue weighted by Gasteiger charge is 2.08. The summed E-state index contributed by atoms with van der Waals surface area (Å²) in [5.74, 6) is 0.733. The third kappa shape index (κ3) is 8.49. The summed E-state index contributed by atoms with van der Waals surface area (Å²) in [5, 5.41) is 1.24. The second-order valence-electron chi connectivity index (χ2n) is 6.09. The topological polar surface area (TPSA) is 12.5 Å². The Kier molecular flexibility index (Phi) is 11.1. The third-order valence-corrected chi connectivity index (χ3v) is 4.75. The van der Waals surface area contributed by atoms with Gasteiger partial charge in [-0.2, -0.15) is 0 Å². The van der Waals surface area contributed by atoms with Crippen molar-refractivity contribution in [2.24, 2.45) is 0 Å². The van der Waals surface area contributed by atoms with Crippen LogP contribution in [0.15, 0.2) is 18.2 Å². The van der Waals surface area contributed by atoms with Crippen LogP contribution in [0.2, 0.25) is 10.0 Å². The van der Waals surface area contributed by atoms with Gasteiger partial charge in [0, 0.05) is 5.02 Å². The molecular formula is C18H28Cl3NO. The van der Waals surface area contributed by atoms with E-state index in [1.807, 2.05) is 12.1 Å². The highest BCUT2D eigenvalue weighted by molar-refractivity contribution is 6.35. The van der Waals surface area contributed by atoms with Crippen LogP contribution < -0.4 is 4.74 Å². The largest absolute Gasteiger partial charge is 0.492 e. The van der Waals surface area contributed by atoms with Gasteiger partial charge in [-0.05, 0) is 63.5 Å². The molecule has 0 aromatic heterocycles. The third-order valence-electron chi connectivity index (χ3n) is 4.22. The fraction of sp³-hybridized carbons (Fsp3) is 0.667. The first-order valence-corrected chi connectivity index (χ1v) is 9.31. The molecule has 0 aliphatic carbocycles. The second kappa shape index (κ2) is 12.2. The summed E-state index contributed by atoms with van der Waals surface area (Å²) in [5.41, 5.74) is 0. The maximum atomic E-state index is 6.07. The maximum absolute atomic E-state index is 6.07. The zero-order valence-corrected chi connectivity index (χ0v) is 16.1. The van der Waals surface area contributed by atoms with Gasteiger partial charge in [-0.25, -0.2) is 0 Å². The molecule has 132 valence electrons. The molecule has 1 aliphatic heterocycles. The van der Waals surface area contributed by atoms with E-state index >= 15 is 0 Å². The summed E-state index contributed by atoms with van der Waals surface area (Å²) in [7, 11) is 0. The molecule has 1 aromatic rings. The standard InChI is InChI=1S/C18H27Cl2NO.ClH/c19-16-9-10-18(17(20)15-16)22-14-8-3-1-2-5-11-21-12-6-4-7-13-21;/h9-10,15H,1-8,11-14H2;1H. The molecule has 0 radical (unpaired) electrons. The molecule has 0 spiro atoms. The predicted octanol–water partition coefficient (Wildman–Crippen LogP) is 6.23. The Morgan fingerprint density at radius 2 is 1.61 bits per heavy atom. The monoisotopic (exact) mass is 379 g/mol. The first kappa shape index (κ1) is 20.9. The van der Waals surface area contributed by atoms with Crippen molar-refractivity contribution in [1.29, 1.82) is 0 Å². The summed E-state index contributed by atoms with van der Waals surface area (Å²) in [6, 6.07) is 5.37. The van der Waals surface area contributed by atoms with Gasteiger partial charge < -0.3 is 9.64 Å². The van der Waals surface area contributed by atoms with Crippen LogP contribution in [-0.2, 0) is 0 Å². The van der Waals surface area contributed by atoms with Crippen molar-refractivity contribution in [2.45, 2.75) is 51.4 Å². The molecule has 23 heavy (non-hydrogen) atoms. The van der Waals surface area contributed by atoms with Gasteiger partial charge >= 0.3 is 0 Å². The van der Waals surface area contributed by atoms with Gasteiger partial charge in [0.2, 0.25) is 0 Å². The van der Waals surface area contributed by atoms with Gasteiger partial charge in [0.25, 0.3) is 0 Å². The van der Waals surface area contributed by atoms with Gasteiger partial charge in [-0.3, -0.25) is 0 Å². The van der Waals surface area contributed by atoms with Crippen LogP contribution in [0.4, 0.5) is 0 Å². The zero-order valence-electron chi connectivity index (χ0n) is 13.7. The Hall–Kier alpha value is -0.150.